The Labute approximate surface area is 150 Å². The number of amides is 1. The van der Waals surface area contributed by atoms with E-state index in [1.54, 1.807) is 0 Å². The van der Waals surface area contributed by atoms with Crippen LogP contribution in [0.5, 0.6) is 5.75 Å². The van der Waals surface area contributed by atoms with Gasteiger partial charge >= 0.3 is 0 Å². The van der Waals surface area contributed by atoms with Crippen molar-refractivity contribution < 1.29 is 17.9 Å². The number of nitrogens with zero attached hydrogens (tertiary/aromatic N) is 1. The summed E-state index contributed by atoms with van der Waals surface area (Å²) in [5.41, 5.74) is 1.12. The normalized spacial score (nSPS) is 18.7. The monoisotopic (exact) mass is 368 g/mol. The molecule has 1 atom stereocenters. The van der Waals surface area contributed by atoms with Gasteiger partial charge in [-0.15, -0.1) is 0 Å². The van der Waals surface area contributed by atoms with Gasteiger partial charge in [-0.25, -0.2) is 12.7 Å². The van der Waals surface area contributed by atoms with Gasteiger partial charge in [0, 0.05) is 13.1 Å². The molecule has 140 valence electrons. The summed E-state index contributed by atoms with van der Waals surface area (Å²) < 4.78 is 31.4. The van der Waals surface area contributed by atoms with Crippen molar-refractivity contribution in [1.82, 2.24) is 9.62 Å². The largest absolute Gasteiger partial charge is 0.492 e. The number of ether oxygens (including phenoxy) is 1. The minimum absolute atomic E-state index is 0.0933. The number of nitrogens with one attached hydrogen (secondary N) is 1. The summed E-state index contributed by atoms with van der Waals surface area (Å²) in [4.78, 5) is 12.3. The minimum Gasteiger partial charge on any atom is -0.492 e. The van der Waals surface area contributed by atoms with Crippen molar-refractivity contribution in [3.63, 3.8) is 0 Å². The molecule has 0 aliphatic carbocycles. The van der Waals surface area contributed by atoms with Crippen LogP contribution in [0.15, 0.2) is 24.3 Å². The van der Waals surface area contributed by atoms with Gasteiger partial charge in [-0.3, -0.25) is 4.79 Å². The molecule has 0 bridgehead atoms. The lowest BCUT2D eigenvalue weighted by molar-refractivity contribution is -0.126. The van der Waals surface area contributed by atoms with E-state index in [0.29, 0.717) is 26.1 Å². The summed E-state index contributed by atoms with van der Waals surface area (Å²) >= 11 is 0. The van der Waals surface area contributed by atoms with Crippen molar-refractivity contribution in [3.05, 3.63) is 29.8 Å². The Hall–Kier alpha value is -1.60. The van der Waals surface area contributed by atoms with Crippen LogP contribution in [0, 0.1) is 12.8 Å². The van der Waals surface area contributed by atoms with E-state index in [1.807, 2.05) is 38.1 Å². The third-order valence-corrected chi connectivity index (χ3v) is 6.31. The second-order valence-electron chi connectivity index (χ2n) is 6.47. The van der Waals surface area contributed by atoms with E-state index >= 15 is 0 Å². The second kappa shape index (κ2) is 9.20. The Balaban J connectivity index is 1.76. The second-order valence-corrected chi connectivity index (χ2v) is 8.56. The number of aryl methyl sites for hydroxylation is 1. The lowest BCUT2D eigenvalue weighted by Crippen LogP contribution is -2.46. The fraction of sp³-hybridized carbons (Fsp3) is 0.611. The lowest BCUT2D eigenvalue weighted by atomic mass is 9.99. The van der Waals surface area contributed by atoms with Crippen molar-refractivity contribution in [2.24, 2.45) is 5.92 Å². The van der Waals surface area contributed by atoms with Gasteiger partial charge in [0.2, 0.25) is 15.9 Å². The molecular formula is C18H28N2O4S. The summed E-state index contributed by atoms with van der Waals surface area (Å²) in [6, 6.07) is 7.75. The van der Waals surface area contributed by atoms with Gasteiger partial charge in [0.1, 0.15) is 12.4 Å². The van der Waals surface area contributed by atoms with Crippen molar-refractivity contribution in [2.45, 2.75) is 33.1 Å². The van der Waals surface area contributed by atoms with Crippen LogP contribution in [0.3, 0.4) is 0 Å². The first-order valence-electron chi connectivity index (χ1n) is 8.87. The van der Waals surface area contributed by atoms with Crippen molar-refractivity contribution in [2.75, 3.05) is 32.0 Å². The predicted molar refractivity (Wildman–Crippen MR) is 98.1 cm³/mol. The summed E-state index contributed by atoms with van der Waals surface area (Å²) in [6.45, 7) is 5.44. The first-order valence-corrected chi connectivity index (χ1v) is 10.5. The molecule has 1 N–H and O–H groups in total. The highest BCUT2D eigenvalue weighted by Gasteiger charge is 2.31. The summed E-state index contributed by atoms with van der Waals surface area (Å²) in [5.74, 6) is 0.554. The molecule has 0 saturated carbocycles. The van der Waals surface area contributed by atoms with E-state index in [2.05, 4.69) is 5.32 Å². The highest BCUT2D eigenvalue weighted by Crippen LogP contribution is 2.20. The van der Waals surface area contributed by atoms with Gasteiger partial charge in [-0.1, -0.05) is 19.1 Å². The van der Waals surface area contributed by atoms with Gasteiger partial charge < -0.3 is 10.1 Å². The molecule has 0 unspecified atom stereocenters. The molecule has 25 heavy (non-hydrogen) atoms. The SMILES string of the molecule is CCCS(=O)(=O)N1CCC[C@H](C(=O)NCCOc2cccc(C)c2)C1. The quantitative estimate of drug-likeness (QED) is 0.712. The van der Waals surface area contributed by atoms with Crippen LogP contribution in [-0.2, 0) is 14.8 Å². The average Bonchev–Trinajstić information content (AvgIpc) is 2.59. The van der Waals surface area contributed by atoms with Crippen LogP contribution in [-0.4, -0.2) is 50.6 Å². The molecule has 1 saturated heterocycles. The minimum atomic E-state index is -3.24. The number of hydrogen-bond donors (Lipinski definition) is 1. The molecule has 2 rings (SSSR count). The van der Waals surface area contributed by atoms with Crippen LogP contribution >= 0.6 is 0 Å². The molecule has 1 aromatic carbocycles. The van der Waals surface area contributed by atoms with Crippen LogP contribution in [0.4, 0.5) is 0 Å². The maximum absolute atomic E-state index is 12.3. The van der Waals surface area contributed by atoms with Gasteiger partial charge in [0.05, 0.1) is 18.2 Å². The van der Waals surface area contributed by atoms with Crippen molar-refractivity contribution in [1.29, 1.82) is 0 Å². The van der Waals surface area contributed by atoms with E-state index in [0.717, 1.165) is 24.2 Å². The molecule has 0 radical (unpaired) electrons. The van der Waals surface area contributed by atoms with E-state index in [1.165, 1.54) is 4.31 Å². The maximum Gasteiger partial charge on any atom is 0.224 e. The van der Waals surface area contributed by atoms with Crippen LogP contribution in [0.2, 0.25) is 0 Å². The first-order chi connectivity index (χ1) is 11.9. The Morgan fingerprint density at radius 3 is 2.92 bits per heavy atom. The number of sulfonamides is 1. The molecule has 1 aliphatic heterocycles. The van der Waals surface area contributed by atoms with Gasteiger partial charge in [-0.05, 0) is 43.9 Å². The zero-order valence-electron chi connectivity index (χ0n) is 15.0. The van der Waals surface area contributed by atoms with E-state index in [9.17, 15) is 13.2 Å². The third-order valence-electron chi connectivity index (χ3n) is 4.27. The molecule has 6 nitrogen and oxygen atoms in total. The lowest BCUT2D eigenvalue weighted by Gasteiger charge is -2.31. The van der Waals surface area contributed by atoms with Gasteiger partial charge in [0.15, 0.2) is 0 Å². The standard InChI is InChI=1S/C18H28N2O4S/c1-3-12-25(22,23)20-10-5-7-16(14-20)18(21)19-9-11-24-17-8-4-6-15(2)13-17/h4,6,8,13,16H,3,5,7,9-12,14H2,1-2H3,(H,19,21)/t16-/m0/s1. The molecule has 0 spiro atoms. The summed E-state index contributed by atoms with van der Waals surface area (Å²) in [7, 11) is -3.24. The predicted octanol–water partition coefficient (Wildman–Crippen LogP) is 1.94. The third kappa shape index (κ3) is 6.01. The molecule has 1 aromatic rings. The molecule has 1 heterocycles. The molecule has 0 aromatic heterocycles. The topological polar surface area (TPSA) is 75.7 Å². The fourth-order valence-electron chi connectivity index (χ4n) is 2.99. The molecule has 7 heteroatoms. The van der Waals surface area contributed by atoms with Crippen molar-refractivity contribution >= 4 is 15.9 Å². The Kier molecular flexibility index (Phi) is 7.25. The zero-order valence-corrected chi connectivity index (χ0v) is 15.8. The van der Waals surface area contributed by atoms with Crippen LogP contribution in [0.25, 0.3) is 0 Å². The molecule has 1 amide bonds. The van der Waals surface area contributed by atoms with E-state index in [-0.39, 0.29) is 24.1 Å². The molecule has 1 aliphatic rings. The molecule has 1 fully saturated rings. The number of rotatable bonds is 8. The van der Waals surface area contributed by atoms with E-state index in [4.69, 9.17) is 4.74 Å². The molecular weight excluding hydrogens is 340 g/mol. The van der Waals surface area contributed by atoms with Gasteiger partial charge in [-0.2, -0.15) is 0 Å². The Morgan fingerprint density at radius 2 is 2.20 bits per heavy atom. The number of piperidine rings is 1. The fourth-order valence-corrected chi connectivity index (χ4v) is 4.58. The van der Waals surface area contributed by atoms with Crippen LogP contribution in [0.1, 0.15) is 31.7 Å². The van der Waals surface area contributed by atoms with Crippen LogP contribution < -0.4 is 10.1 Å². The smallest absolute Gasteiger partial charge is 0.224 e. The van der Waals surface area contributed by atoms with Gasteiger partial charge in [0.25, 0.3) is 0 Å². The Morgan fingerprint density at radius 1 is 1.40 bits per heavy atom. The summed E-state index contributed by atoms with van der Waals surface area (Å²) in [6.07, 6.45) is 2.04. The summed E-state index contributed by atoms with van der Waals surface area (Å²) in [5, 5.41) is 2.86. The number of benzene rings is 1. The number of hydrogen-bond acceptors (Lipinski definition) is 4. The Bertz CT molecular complexity index is 675. The highest BCUT2D eigenvalue weighted by molar-refractivity contribution is 7.89. The number of carbonyl (C=O) groups excluding carboxylic acids is 1. The first kappa shape index (κ1) is 19.7. The van der Waals surface area contributed by atoms with E-state index < -0.39 is 10.0 Å². The zero-order chi connectivity index (χ0) is 18.3. The average molecular weight is 368 g/mol. The highest BCUT2D eigenvalue weighted by atomic mass is 32.2. The number of carbonyl (C=O) groups is 1. The maximum atomic E-state index is 12.3. The van der Waals surface area contributed by atoms with Crippen molar-refractivity contribution in [3.8, 4) is 5.75 Å².